The molecule has 6 nitrogen and oxygen atoms in total. The fraction of sp³-hybridized carbons (Fsp3) is 0.154. The van der Waals surface area contributed by atoms with Gasteiger partial charge in [0.05, 0.1) is 17.6 Å². The maximum atomic E-state index is 6.12. The second-order valence-corrected chi connectivity index (χ2v) is 5.01. The van der Waals surface area contributed by atoms with E-state index >= 15 is 0 Å². The minimum atomic E-state index is 0.397. The van der Waals surface area contributed by atoms with E-state index in [4.69, 9.17) is 10.3 Å². The summed E-state index contributed by atoms with van der Waals surface area (Å²) >= 11 is 1.63. The van der Waals surface area contributed by atoms with Gasteiger partial charge in [-0.15, -0.1) is 0 Å². The number of nitrogens with zero attached hydrogens (tertiary/aromatic N) is 4. The third kappa shape index (κ3) is 2.27. The summed E-state index contributed by atoms with van der Waals surface area (Å²) in [5, 5.41) is 8.18. The van der Waals surface area contributed by atoms with Crippen LogP contribution in [-0.2, 0) is 5.75 Å². The summed E-state index contributed by atoms with van der Waals surface area (Å²) in [6.07, 6.45) is 3.62. The first-order chi connectivity index (χ1) is 9.79. The van der Waals surface area contributed by atoms with Crippen LogP contribution in [0, 0.1) is 0 Å². The largest absolute Gasteiger partial charge is 0.383 e. The summed E-state index contributed by atoms with van der Waals surface area (Å²) in [5.41, 5.74) is 7.65. The molecule has 2 N–H and O–H groups in total. The Morgan fingerprint density at radius 1 is 1.30 bits per heavy atom. The number of aromatic nitrogens is 4. The SMILES string of the molecule is CSCc1noc(-c2cnn(-c3ccccc3)c2N)n1. The highest BCUT2D eigenvalue weighted by Gasteiger charge is 2.16. The van der Waals surface area contributed by atoms with Crippen molar-refractivity contribution < 1.29 is 4.52 Å². The van der Waals surface area contributed by atoms with E-state index in [9.17, 15) is 0 Å². The zero-order valence-electron chi connectivity index (χ0n) is 10.9. The number of nitrogens with two attached hydrogens (primary N) is 1. The fourth-order valence-corrected chi connectivity index (χ4v) is 2.22. The van der Waals surface area contributed by atoms with Gasteiger partial charge in [0.15, 0.2) is 5.82 Å². The normalized spacial score (nSPS) is 10.8. The molecule has 7 heteroatoms. The molecule has 0 unspecified atom stereocenters. The first kappa shape index (κ1) is 12.7. The van der Waals surface area contributed by atoms with E-state index in [1.807, 2.05) is 36.6 Å². The van der Waals surface area contributed by atoms with E-state index in [2.05, 4.69) is 15.2 Å². The van der Waals surface area contributed by atoms with Gasteiger partial charge in [-0.1, -0.05) is 23.4 Å². The molecule has 0 saturated heterocycles. The average molecular weight is 287 g/mol. The number of hydrogen-bond donors (Lipinski definition) is 1. The number of thioether (sulfide) groups is 1. The van der Waals surface area contributed by atoms with E-state index in [1.165, 1.54) is 0 Å². The van der Waals surface area contributed by atoms with Gasteiger partial charge in [0, 0.05) is 0 Å². The second-order valence-electron chi connectivity index (χ2n) is 4.14. The van der Waals surface area contributed by atoms with Crippen molar-refractivity contribution in [1.29, 1.82) is 0 Å². The highest BCUT2D eigenvalue weighted by atomic mass is 32.2. The smallest absolute Gasteiger partial charge is 0.263 e. The average Bonchev–Trinajstić information content (AvgIpc) is 3.07. The zero-order valence-corrected chi connectivity index (χ0v) is 11.7. The summed E-state index contributed by atoms with van der Waals surface area (Å²) in [5.74, 6) is 2.24. The molecule has 2 heterocycles. The molecular formula is C13H13N5OS. The lowest BCUT2D eigenvalue weighted by Gasteiger charge is -2.03. The van der Waals surface area contributed by atoms with Crippen LogP contribution in [-0.4, -0.2) is 26.2 Å². The Kier molecular flexibility index (Phi) is 3.42. The molecule has 0 saturated carbocycles. The van der Waals surface area contributed by atoms with Gasteiger partial charge in [0.2, 0.25) is 0 Å². The Balaban J connectivity index is 1.97. The van der Waals surface area contributed by atoms with Crippen molar-refractivity contribution in [2.24, 2.45) is 0 Å². The monoisotopic (exact) mass is 287 g/mol. The molecule has 102 valence electrons. The van der Waals surface area contributed by atoms with Gasteiger partial charge < -0.3 is 10.3 Å². The van der Waals surface area contributed by atoms with E-state index in [1.54, 1.807) is 22.6 Å². The van der Waals surface area contributed by atoms with Crippen LogP contribution in [0.15, 0.2) is 41.1 Å². The molecule has 0 aliphatic carbocycles. The van der Waals surface area contributed by atoms with Crippen molar-refractivity contribution in [2.45, 2.75) is 5.75 Å². The van der Waals surface area contributed by atoms with Crippen LogP contribution in [0.2, 0.25) is 0 Å². The van der Waals surface area contributed by atoms with Gasteiger partial charge >= 0.3 is 0 Å². The van der Waals surface area contributed by atoms with Gasteiger partial charge in [0.1, 0.15) is 11.4 Å². The molecule has 0 amide bonds. The maximum Gasteiger partial charge on any atom is 0.263 e. The van der Waals surface area contributed by atoms with E-state index in [0.717, 1.165) is 5.69 Å². The minimum absolute atomic E-state index is 0.397. The zero-order chi connectivity index (χ0) is 13.9. The summed E-state index contributed by atoms with van der Waals surface area (Å²) in [4.78, 5) is 4.31. The van der Waals surface area contributed by atoms with Crippen molar-refractivity contribution in [3.63, 3.8) is 0 Å². The van der Waals surface area contributed by atoms with Gasteiger partial charge in [0.25, 0.3) is 5.89 Å². The van der Waals surface area contributed by atoms with E-state index in [-0.39, 0.29) is 0 Å². The molecule has 1 aromatic carbocycles. The van der Waals surface area contributed by atoms with Gasteiger partial charge in [-0.2, -0.15) is 21.8 Å². The highest BCUT2D eigenvalue weighted by molar-refractivity contribution is 7.97. The third-order valence-electron chi connectivity index (χ3n) is 2.78. The Morgan fingerprint density at radius 3 is 2.85 bits per heavy atom. The number of hydrogen-bond acceptors (Lipinski definition) is 6. The third-order valence-corrected chi connectivity index (χ3v) is 3.33. The molecule has 0 bridgehead atoms. The van der Waals surface area contributed by atoms with Crippen LogP contribution < -0.4 is 5.73 Å². The predicted molar refractivity (Wildman–Crippen MR) is 78.5 cm³/mol. The van der Waals surface area contributed by atoms with Crippen LogP contribution in [0.5, 0.6) is 0 Å². The predicted octanol–water partition coefficient (Wildman–Crippen LogP) is 2.37. The topological polar surface area (TPSA) is 82.8 Å². The van der Waals surface area contributed by atoms with Crippen LogP contribution in [0.4, 0.5) is 5.82 Å². The van der Waals surface area contributed by atoms with Crippen molar-refractivity contribution >= 4 is 17.6 Å². The van der Waals surface area contributed by atoms with Gasteiger partial charge in [-0.3, -0.25) is 0 Å². The van der Waals surface area contributed by atoms with Crippen LogP contribution >= 0.6 is 11.8 Å². The van der Waals surface area contributed by atoms with Crippen LogP contribution in [0.3, 0.4) is 0 Å². The number of para-hydroxylation sites is 1. The maximum absolute atomic E-state index is 6.12. The summed E-state index contributed by atoms with van der Waals surface area (Å²) in [7, 11) is 0. The number of nitrogen functional groups attached to an aromatic ring is 1. The molecular weight excluding hydrogens is 274 g/mol. The standard InChI is InChI=1S/C13H13N5OS/c1-20-8-11-16-13(19-17-11)10-7-15-18(12(10)14)9-5-3-2-4-6-9/h2-7H,8,14H2,1H3. The molecule has 0 aliphatic rings. The summed E-state index contributed by atoms with van der Waals surface area (Å²) in [6, 6.07) is 9.66. The molecule has 2 aromatic heterocycles. The van der Waals surface area contributed by atoms with Gasteiger partial charge in [-0.25, -0.2) is 4.68 Å². The lowest BCUT2D eigenvalue weighted by molar-refractivity contribution is 0.425. The Bertz CT molecular complexity index is 707. The van der Waals surface area contributed by atoms with Crippen molar-refractivity contribution in [2.75, 3.05) is 12.0 Å². The molecule has 0 atom stereocenters. The van der Waals surface area contributed by atoms with Crippen LogP contribution in [0.25, 0.3) is 17.1 Å². The minimum Gasteiger partial charge on any atom is -0.383 e. The Morgan fingerprint density at radius 2 is 2.10 bits per heavy atom. The van der Waals surface area contributed by atoms with Crippen molar-refractivity contribution in [1.82, 2.24) is 19.9 Å². The molecule has 0 spiro atoms. The number of anilines is 1. The quantitative estimate of drug-likeness (QED) is 0.793. The number of rotatable bonds is 4. The summed E-state index contributed by atoms with van der Waals surface area (Å²) in [6.45, 7) is 0. The fourth-order valence-electron chi connectivity index (χ4n) is 1.85. The van der Waals surface area contributed by atoms with E-state index in [0.29, 0.717) is 28.8 Å². The Hall–Kier alpha value is -2.28. The lowest BCUT2D eigenvalue weighted by atomic mass is 10.3. The first-order valence-corrected chi connectivity index (χ1v) is 7.40. The molecule has 0 fully saturated rings. The molecule has 3 aromatic rings. The van der Waals surface area contributed by atoms with Crippen LogP contribution in [0.1, 0.15) is 5.82 Å². The van der Waals surface area contributed by atoms with E-state index < -0.39 is 0 Å². The second kappa shape index (κ2) is 5.38. The highest BCUT2D eigenvalue weighted by Crippen LogP contribution is 2.26. The molecule has 20 heavy (non-hydrogen) atoms. The van der Waals surface area contributed by atoms with Crippen molar-refractivity contribution in [3.8, 4) is 17.1 Å². The molecule has 0 aliphatic heterocycles. The number of benzene rings is 1. The summed E-state index contributed by atoms with van der Waals surface area (Å²) < 4.78 is 6.87. The van der Waals surface area contributed by atoms with Crippen molar-refractivity contribution in [3.05, 3.63) is 42.4 Å². The molecule has 0 radical (unpaired) electrons. The first-order valence-electron chi connectivity index (χ1n) is 6.00. The Labute approximate surface area is 120 Å². The lowest BCUT2D eigenvalue weighted by Crippen LogP contribution is -2.01. The molecule has 3 rings (SSSR count). The van der Waals surface area contributed by atoms with Gasteiger partial charge in [-0.05, 0) is 18.4 Å².